The van der Waals surface area contributed by atoms with Crippen LogP contribution in [0.5, 0.6) is 5.75 Å². The van der Waals surface area contributed by atoms with Crippen LogP contribution in [0.25, 0.3) is 0 Å². The van der Waals surface area contributed by atoms with Crippen molar-refractivity contribution >= 4 is 23.1 Å². The van der Waals surface area contributed by atoms with Crippen LogP contribution in [0.3, 0.4) is 0 Å². The van der Waals surface area contributed by atoms with Gasteiger partial charge in [-0.2, -0.15) is 0 Å². The van der Waals surface area contributed by atoms with Crippen LogP contribution in [0.2, 0.25) is 0 Å². The molecule has 0 unspecified atom stereocenters. The van der Waals surface area contributed by atoms with Gasteiger partial charge in [-0.15, -0.1) is 0 Å². The molecule has 5 heteroatoms. The quantitative estimate of drug-likeness (QED) is 0.757. The number of thiocarbonyl (C=S) groups is 1. The van der Waals surface area contributed by atoms with E-state index in [-0.39, 0.29) is 29.6 Å². The fourth-order valence-corrected chi connectivity index (χ4v) is 1.47. The molecule has 0 aliphatic rings. The second-order valence-electron chi connectivity index (χ2n) is 3.52. The van der Waals surface area contributed by atoms with E-state index >= 15 is 0 Å². The van der Waals surface area contributed by atoms with Crippen molar-refractivity contribution in [2.24, 2.45) is 5.73 Å². The van der Waals surface area contributed by atoms with Crippen molar-refractivity contribution in [2.75, 3.05) is 13.6 Å². The highest BCUT2D eigenvalue weighted by atomic mass is 32.1. The summed E-state index contributed by atoms with van der Waals surface area (Å²) < 4.78 is 0. The van der Waals surface area contributed by atoms with Crippen molar-refractivity contribution in [3.63, 3.8) is 0 Å². The first kappa shape index (κ1) is 12.4. The van der Waals surface area contributed by atoms with Gasteiger partial charge in [-0.3, -0.25) is 4.79 Å². The minimum Gasteiger partial charge on any atom is -0.508 e. The molecule has 0 aliphatic heterocycles. The Labute approximate surface area is 99.7 Å². The lowest BCUT2D eigenvalue weighted by Gasteiger charge is -2.16. The van der Waals surface area contributed by atoms with Gasteiger partial charge in [-0.1, -0.05) is 30.4 Å². The molecule has 1 aromatic rings. The van der Waals surface area contributed by atoms with Crippen molar-refractivity contribution < 1.29 is 9.90 Å². The number of phenolic OH excluding ortho intramolecular Hbond substituents is 1. The van der Waals surface area contributed by atoms with E-state index in [2.05, 4.69) is 0 Å². The molecule has 0 fully saturated rings. The lowest BCUT2D eigenvalue weighted by molar-refractivity contribution is -0.128. The highest BCUT2D eigenvalue weighted by molar-refractivity contribution is 7.80. The molecule has 1 aromatic carbocycles. The zero-order valence-electron chi connectivity index (χ0n) is 9.01. The Morgan fingerprint density at radius 2 is 2.12 bits per heavy atom. The van der Waals surface area contributed by atoms with Gasteiger partial charge in [-0.25, -0.2) is 0 Å². The van der Waals surface area contributed by atoms with Crippen LogP contribution in [0.15, 0.2) is 24.3 Å². The molecule has 0 saturated heterocycles. The Bertz CT molecular complexity index is 407. The van der Waals surface area contributed by atoms with Crippen molar-refractivity contribution in [3.05, 3.63) is 29.8 Å². The highest BCUT2D eigenvalue weighted by Crippen LogP contribution is 2.16. The average Bonchev–Trinajstić information content (AvgIpc) is 2.20. The normalized spacial score (nSPS) is 9.81. The maximum absolute atomic E-state index is 11.7. The molecule has 4 nitrogen and oxygen atoms in total. The Kier molecular flexibility index (Phi) is 4.25. The number of aromatic hydroxyl groups is 1. The maximum atomic E-state index is 11.7. The summed E-state index contributed by atoms with van der Waals surface area (Å²) in [5.41, 5.74) is 5.94. The fourth-order valence-electron chi connectivity index (χ4n) is 1.28. The van der Waals surface area contributed by atoms with E-state index in [0.717, 1.165) is 0 Å². The second kappa shape index (κ2) is 5.46. The number of rotatable bonds is 4. The van der Waals surface area contributed by atoms with Gasteiger partial charge in [0.1, 0.15) is 5.75 Å². The molecule has 0 heterocycles. The van der Waals surface area contributed by atoms with Gasteiger partial charge in [0, 0.05) is 12.6 Å². The maximum Gasteiger partial charge on any atom is 0.227 e. The highest BCUT2D eigenvalue weighted by Gasteiger charge is 2.12. The van der Waals surface area contributed by atoms with Crippen LogP contribution in [-0.2, 0) is 11.2 Å². The molecule has 86 valence electrons. The summed E-state index contributed by atoms with van der Waals surface area (Å²) >= 11 is 4.72. The molecule has 0 radical (unpaired) electrons. The first-order valence-corrected chi connectivity index (χ1v) is 5.20. The van der Waals surface area contributed by atoms with Gasteiger partial charge in [0.05, 0.1) is 18.0 Å². The molecule has 16 heavy (non-hydrogen) atoms. The van der Waals surface area contributed by atoms with Crippen LogP contribution >= 0.6 is 12.2 Å². The molecule has 3 N–H and O–H groups in total. The number of amides is 1. The zero-order chi connectivity index (χ0) is 12.1. The van der Waals surface area contributed by atoms with E-state index in [1.807, 2.05) is 0 Å². The summed E-state index contributed by atoms with van der Waals surface area (Å²) in [6, 6.07) is 6.75. The smallest absolute Gasteiger partial charge is 0.227 e. The molecule has 0 bridgehead atoms. The molecular weight excluding hydrogens is 224 g/mol. The summed E-state index contributed by atoms with van der Waals surface area (Å²) in [7, 11) is 1.63. The van der Waals surface area contributed by atoms with Crippen molar-refractivity contribution in [1.82, 2.24) is 4.90 Å². The van der Waals surface area contributed by atoms with E-state index in [1.54, 1.807) is 31.3 Å². The number of nitrogens with zero attached hydrogens (tertiary/aromatic N) is 1. The number of benzene rings is 1. The minimum absolute atomic E-state index is 0.125. The van der Waals surface area contributed by atoms with E-state index < -0.39 is 0 Å². The zero-order valence-corrected chi connectivity index (χ0v) is 9.83. The Balaban J connectivity index is 2.64. The van der Waals surface area contributed by atoms with E-state index in [4.69, 9.17) is 18.0 Å². The predicted octanol–water partition coefficient (Wildman–Crippen LogP) is 0.679. The Hall–Kier alpha value is -1.62. The second-order valence-corrected chi connectivity index (χ2v) is 4.05. The number of hydrogen-bond acceptors (Lipinski definition) is 3. The number of nitrogens with two attached hydrogens (primary N) is 1. The van der Waals surface area contributed by atoms with Gasteiger partial charge in [0.25, 0.3) is 0 Å². The van der Waals surface area contributed by atoms with Gasteiger partial charge >= 0.3 is 0 Å². The predicted molar refractivity (Wildman–Crippen MR) is 66.2 cm³/mol. The number of carbonyl (C=O) groups is 1. The van der Waals surface area contributed by atoms with Crippen LogP contribution in [0, 0.1) is 0 Å². The van der Waals surface area contributed by atoms with E-state index in [0.29, 0.717) is 5.56 Å². The number of para-hydroxylation sites is 1. The number of carbonyl (C=O) groups excluding carboxylic acids is 1. The first-order chi connectivity index (χ1) is 7.50. The third-order valence-electron chi connectivity index (χ3n) is 2.15. The molecule has 0 saturated carbocycles. The largest absolute Gasteiger partial charge is 0.508 e. The SMILES string of the molecule is CN(CC(N)=S)C(=O)Cc1ccccc1O. The Morgan fingerprint density at radius 3 is 2.69 bits per heavy atom. The Morgan fingerprint density at radius 1 is 1.50 bits per heavy atom. The lowest BCUT2D eigenvalue weighted by Crippen LogP contribution is -2.35. The monoisotopic (exact) mass is 238 g/mol. The number of hydrogen-bond donors (Lipinski definition) is 2. The van der Waals surface area contributed by atoms with Crippen LogP contribution < -0.4 is 5.73 Å². The molecular formula is C11H14N2O2S. The van der Waals surface area contributed by atoms with Crippen LogP contribution in [-0.4, -0.2) is 34.5 Å². The van der Waals surface area contributed by atoms with Gasteiger partial charge in [-0.05, 0) is 6.07 Å². The molecule has 0 spiro atoms. The molecule has 1 amide bonds. The van der Waals surface area contributed by atoms with Crippen molar-refractivity contribution in [3.8, 4) is 5.75 Å². The number of phenols is 1. The molecule has 0 aromatic heterocycles. The third-order valence-corrected chi connectivity index (χ3v) is 2.28. The summed E-state index contributed by atoms with van der Waals surface area (Å²) in [6.07, 6.45) is 0.145. The van der Waals surface area contributed by atoms with Crippen molar-refractivity contribution in [2.45, 2.75) is 6.42 Å². The van der Waals surface area contributed by atoms with Crippen LogP contribution in [0.4, 0.5) is 0 Å². The fraction of sp³-hybridized carbons (Fsp3) is 0.273. The number of likely N-dealkylation sites (N-methyl/N-ethyl adjacent to an activating group) is 1. The average molecular weight is 238 g/mol. The van der Waals surface area contributed by atoms with Gasteiger partial charge in [0.2, 0.25) is 5.91 Å². The topological polar surface area (TPSA) is 66.6 Å². The first-order valence-electron chi connectivity index (χ1n) is 4.80. The molecule has 0 aliphatic carbocycles. The summed E-state index contributed by atoms with van der Waals surface area (Å²) in [4.78, 5) is 13.4. The van der Waals surface area contributed by atoms with Gasteiger partial charge in [0.15, 0.2) is 0 Å². The standard InChI is InChI=1S/C11H14N2O2S/c1-13(7-10(12)16)11(15)6-8-4-2-3-5-9(8)14/h2-5,14H,6-7H2,1H3,(H2,12,16). The molecule has 1 rings (SSSR count). The van der Waals surface area contributed by atoms with E-state index in [9.17, 15) is 9.90 Å². The third kappa shape index (κ3) is 3.51. The van der Waals surface area contributed by atoms with Crippen molar-refractivity contribution in [1.29, 1.82) is 0 Å². The summed E-state index contributed by atoms with van der Waals surface area (Å²) in [5.74, 6) is -0.00567. The van der Waals surface area contributed by atoms with E-state index in [1.165, 1.54) is 4.90 Å². The molecule has 0 atom stereocenters. The minimum atomic E-state index is -0.130. The van der Waals surface area contributed by atoms with Crippen LogP contribution in [0.1, 0.15) is 5.56 Å². The lowest BCUT2D eigenvalue weighted by atomic mass is 10.1. The van der Waals surface area contributed by atoms with Gasteiger partial charge < -0.3 is 15.7 Å². The summed E-state index contributed by atoms with van der Waals surface area (Å²) in [6.45, 7) is 0.252. The summed E-state index contributed by atoms with van der Waals surface area (Å²) in [5, 5.41) is 9.50.